The summed E-state index contributed by atoms with van der Waals surface area (Å²) < 4.78 is 0.771. The van der Waals surface area contributed by atoms with Gasteiger partial charge in [0.15, 0.2) is 0 Å². The summed E-state index contributed by atoms with van der Waals surface area (Å²) in [6, 6.07) is 0. The molecule has 5 nitrogen and oxygen atoms in total. The Morgan fingerprint density at radius 3 is 2.25 bits per heavy atom. The summed E-state index contributed by atoms with van der Waals surface area (Å²) in [7, 11) is 4.12. The van der Waals surface area contributed by atoms with Crippen LogP contribution < -0.4 is 10.4 Å². The highest BCUT2D eigenvalue weighted by atomic mass is 16.4. The maximum Gasteiger partial charge on any atom is 0.216 e. The average molecular weight is 230 g/mol. The highest BCUT2D eigenvalue weighted by molar-refractivity contribution is 5.72. The van der Waals surface area contributed by atoms with E-state index in [1.165, 1.54) is 6.92 Å². The first kappa shape index (κ1) is 14.9. The molecule has 0 radical (unpaired) electrons. The lowest BCUT2D eigenvalue weighted by molar-refractivity contribution is -0.890. The molecule has 0 aromatic rings. The normalized spacial score (nSPS) is 11.2. The largest absolute Gasteiger partial charge is 0.550 e. The van der Waals surface area contributed by atoms with Crippen molar-refractivity contribution in [1.82, 2.24) is 5.32 Å². The predicted molar refractivity (Wildman–Crippen MR) is 59.4 cm³/mol. The van der Waals surface area contributed by atoms with Gasteiger partial charge in [-0.1, -0.05) is 0 Å². The molecule has 16 heavy (non-hydrogen) atoms. The Morgan fingerprint density at radius 2 is 1.75 bits per heavy atom. The van der Waals surface area contributed by atoms with Gasteiger partial charge in [-0.15, -0.1) is 0 Å². The number of aliphatic carboxylic acids is 1. The van der Waals surface area contributed by atoms with Crippen molar-refractivity contribution in [2.75, 3.05) is 33.7 Å². The van der Waals surface area contributed by atoms with Gasteiger partial charge in [-0.25, -0.2) is 0 Å². The van der Waals surface area contributed by atoms with Crippen LogP contribution in [0.2, 0.25) is 0 Å². The van der Waals surface area contributed by atoms with Crippen LogP contribution in [-0.2, 0) is 9.59 Å². The summed E-state index contributed by atoms with van der Waals surface area (Å²) in [4.78, 5) is 20.9. The molecule has 0 spiro atoms. The van der Waals surface area contributed by atoms with Crippen LogP contribution in [0.3, 0.4) is 0 Å². The van der Waals surface area contributed by atoms with Crippen molar-refractivity contribution in [1.29, 1.82) is 0 Å². The smallest absolute Gasteiger partial charge is 0.216 e. The van der Waals surface area contributed by atoms with Crippen molar-refractivity contribution < 1.29 is 19.2 Å². The molecule has 0 aliphatic carbocycles. The van der Waals surface area contributed by atoms with E-state index >= 15 is 0 Å². The minimum atomic E-state index is -0.988. The van der Waals surface area contributed by atoms with Gasteiger partial charge in [0.25, 0.3) is 0 Å². The van der Waals surface area contributed by atoms with Gasteiger partial charge in [-0.05, 0) is 6.42 Å². The van der Waals surface area contributed by atoms with Crippen LogP contribution in [-0.4, -0.2) is 50.1 Å². The van der Waals surface area contributed by atoms with E-state index in [2.05, 4.69) is 19.4 Å². The topological polar surface area (TPSA) is 69.2 Å². The van der Waals surface area contributed by atoms with Crippen LogP contribution in [0.25, 0.3) is 0 Å². The number of carboxylic acids is 1. The van der Waals surface area contributed by atoms with Gasteiger partial charge in [-0.3, -0.25) is 4.79 Å². The van der Waals surface area contributed by atoms with Crippen molar-refractivity contribution in [3.8, 4) is 0 Å². The van der Waals surface area contributed by atoms with Crippen LogP contribution in [0.4, 0.5) is 0 Å². The van der Waals surface area contributed by atoms with Gasteiger partial charge < -0.3 is 19.7 Å². The number of carboxylic acid groups (broad SMARTS) is 1. The van der Waals surface area contributed by atoms with Crippen LogP contribution in [0.5, 0.6) is 0 Å². The zero-order valence-corrected chi connectivity index (χ0v) is 10.4. The first-order chi connectivity index (χ1) is 7.33. The predicted octanol–water partition coefficient (Wildman–Crippen LogP) is -0.881. The molecule has 0 heterocycles. The minimum Gasteiger partial charge on any atom is -0.550 e. The molecular formula is C11H22N2O3. The summed E-state index contributed by atoms with van der Waals surface area (Å²) in [6.07, 6.45) is 1.65. The second kappa shape index (κ2) is 7.22. The molecule has 0 aromatic carbocycles. The molecule has 1 amide bonds. The Balaban J connectivity index is 3.61. The molecule has 0 saturated carbocycles. The van der Waals surface area contributed by atoms with Crippen molar-refractivity contribution in [3.63, 3.8) is 0 Å². The van der Waals surface area contributed by atoms with Crippen LogP contribution in [0, 0.1) is 0 Å². The maximum absolute atomic E-state index is 10.6. The number of nitrogens with one attached hydrogen (secondary N) is 1. The highest BCUT2D eigenvalue weighted by Gasteiger charge is 2.13. The summed E-state index contributed by atoms with van der Waals surface area (Å²) in [5, 5.41) is 13.0. The Labute approximate surface area is 97.0 Å². The minimum absolute atomic E-state index is 0.0118. The van der Waals surface area contributed by atoms with Crippen LogP contribution >= 0.6 is 0 Å². The molecule has 0 rings (SSSR count). The number of nitrogens with zero attached hydrogens (tertiary/aromatic N) is 1. The summed E-state index contributed by atoms with van der Waals surface area (Å²) >= 11 is 0. The third-order valence-corrected chi connectivity index (χ3v) is 2.46. The van der Waals surface area contributed by atoms with Gasteiger partial charge in [0.2, 0.25) is 5.91 Å². The molecule has 0 bridgehead atoms. The zero-order chi connectivity index (χ0) is 12.6. The van der Waals surface area contributed by atoms with Crippen LogP contribution in [0.1, 0.15) is 26.2 Å². The van der Waals surface area contributed by atoms with E-state index in [-0.39, 0.29) is 12.3 Å². The molecule has 0 aliphatic heterocycles. The van der Waals surface area contributed by atoms with Crippen molar-refractivity contribution in [2.24, 2.45) is 0 Å². The van der Waals surface area contributed by atoms with Gasteiger partial charge in [0.1, 0.15) is 0 Å². The number of rotatable bonds is 8. The fourth-order valence-corrected chi connectivity index (χ4v) is 1.53. The summed E-state index contributed by atoms with van der Waals surface area (Å²) in [5.74, 6) is -1.000. The third-order valence-electron chi connectivity index (χ3n) is 2.46. The molecule has 0 aliphatic rings. The van der Waals surface area contributed by atoms with Crippen molar-refractivity contribution in [3.05, 3.63) is 0 Å². The van der Waals surface area contributed by atoms with E-state index in [4.69, 9.17) is 0 Å². The fraction of sp³-hybridized carbons (Fsp3) is 0.818. The van der Waals surface area contributed by atoms with Crippen LogP contribution in [0.15, 0.2) is 0 Å². The lowest BCUT2D eigenvalue weighted by Crippen LogP contribution is -2.42. The molecule has 0 unspecified atom stereocenters. The monoisotopic (exact) mass is 230 g/mol. The molecule has 94 valence electrons. The fourth-order valence-electron chi connectivity index (χ4n) is 1.53. The average Bonchev–Trinajstić information content (AvgIpc) is 2.11. The quantitative estimate of drug-likeness (QED) is 0.435. The lowest BCUT2D eigenvalue weighted by atomic mass is 10.2. The van der Waals surface area contributed by atoms with Crippen molar-refractivity contribution >= 4 is 11.9 Å². The maximum atomic E-state index is 10.6. The van der Waals surface area contributed by atoms with E-state index < -0.39 is 5.97 Å². The molecule has 0 aromatic heterocycles. The second-order valence-electron chi connectivity index (χ2n) is 4.70. The Morgan fingerprint density at radius 1 is 1.19 bits per heavy atom. The molecule has 0 atom stereocenters. The van der Waals surface area contributed by atoms with E-state index in [1.54, 1.807) is 0 Å². The number of quaternary nitrogens is 1. The van der Waals surface area contributed by atoms with E-state index in [1.807, 2.05) is 0 Å². The Hall–Kier alpha value is -1.10. The lowest BCUT2D eigenvalue weighted by Gasteiger charge is -2.30. The number of carbonyl (C=O) groups is 2. The highest BCUT2D eigenvalue weighted by Crippen LogP contribution is 2.02. The van der Waals surface area contributed by atoms with Gasteiger partial charge >= 0.3 is 0 Å². The van der Waals surface area contributed by atoms with Crippen molar-refractivity contribution in [2.45, 2.75) is 26.2 Å². The molecule has 5 heteroatoms. The first-order valence-electron chi connectivity index (χ1n) is 5.60. The number of amides is 1. The summed E-state index contributed by atoms with van der Waals surface area (Å²) in [6.45, 7) is 3.92. The number of hydrogen-bond donors (Lipinski definition) is 1. The Kier molecular flexibility index (Phi) is 6.72. The second-order valence-corrected chi connectivity index (χ2v) is 4.70. The third kappa shape index (κ3) is 9.45. The number of hydrogen-bond acceptors (Lipinski definition) is 3. The Bertz CT molecular complexity index is 239. The SMILES string of the molecule is CC(=O)NCCC[N+](C)(C)CCCC(=O)[O-]. The van der Waals surface area contributed by atoms with Gasteiger partial charge in [0, 0.05) is 32.3 Å². The van der Waals surface area contributed by atoms with E-state index in [0.717, 1.165) is 24.0 Å². The standard InChI is InChI=1S/C11H22N2O3/c1-10(14)12-7-5-9-13(2,3)8-4-6-11(15)16/h4-9H2,1-3H3,(H-,12,14,15,16). The van der Waals surface area contributed by atoms with Gasteiger partial charge in [0.05, 0.1) is 27.2 Å². The zero-order valence-electron chi connectivity index (χ0n) is 10.4. The molecular weight excluding hydrogens is 208 g/mol. The molecule has 1 N–H and O–H groups in total. The van der Waals surface area contributed by atoms with E-state index in [0.29, 0.717) is 13.0 Å². The summed E-state index contributed by atoms with van der Waals surface area (Å²) in [5.41, 5.74) is 0. The first-order valence-corrected chi connectivity index (χ1v) is 5.60. The molecule has 0 fully saturated rings. The van der Waals surface area contributed by atoms with Gasteiger partial charge in [-0.2, -0.15) is 0 Å². The number of carbonyl (C=O) groups excluding carboxylic acids is 2. The van der Waals surface area contributed by atoms with E-state index in [9.17, 15) is 14.7 Å². The molecule has 0 saturated heterocycles.